The topological polar surface area (TPSA) is 75.2 Å². The zero-order valence-electron chi connectivity index (χ0n) is 17.6. The summed E-state index contributed by atoms with van der Waals surface area (Å²) in [6.45, 7) is 3.71. The van der Waals surface area contributed by atoms with Gasteiger partial charge in [-0.1, -0.05) is 36.8 Å². The summed E-state index contributed by atoms with van der Waals surface area (Å²) >= 11 is 0. The van der Waals surface area contributed by atoms with Crippen LogP contribution in [0.3, 0.4) is 0 Å². The lowest BCUT2D eigenvalue weighted by molar-refractivity contribution is -0.120. The van der Waals surface area contributed by atoms with E-state index in [9.17, 15) is 9.59 Å². The van der Waals surface area contributed by atoms with Gasteiger partial charge in [-0.25, -0.2) is 9.97 Å². The van der Waals surface area contributed by atoms with Crippen LogP contribution < -0.4 is 5.32 Å². The number of aromatic nitrogens is 2. The highest BCUT2D eigenvalue weighted by atomic mass is 16.2. The molecular weight excluding hydrogens is 376 g/mol. The number of benzene rings is 1. The Kier molecular flexibility index (Phi) is 6.41. The highest BCUT2D eigenvalue weighted by molar-refractivity contribution is 5.95. The number of anilines is 1. The molecule has 2 aliphatic rings. The van der Waals surface area contributed by atoms with Crippen molar-refractivity contribution in [2.24, 2.45) is 5.92 Å². The van der Waals surface area contributed by atoms with Crippen LogP contribution in [0.5, 0.6) is 0 Å². The molecule has 30 heavy (non-hydrogen) atoms. The number of carbonyl (C=O) groups is 2. The van der Waals surface area contributed by atoms with Crippen molar-refractivity contribution in [3.05, 3.63) is 53.5 Å². The number of piperidine rings is 1. The average Bonchev–Trinajstić information content (AvgIpc) is 2.79. The van der Waals surface area contributed by atoms with Gasteiger partial charge in [-0.2, -0.15) is 0 Å². The quantitative estimate of drug-likeness (QED) is 0.813. The van der Waals surface area contributed by atoms with Gasteiger partial charge >= 0.3 is 0 Å². The number of amides is 1. The van der Waals surface area contributed by atoms with Crippen molar-refractivity contribution in [2.45, 2.75) is 51.4 Å². The van der Waals surface area contributed by atoms with Crippen LogP contribution in [0.25, 0.3) is 0 Å². The van der Waals surface area contributed by atoms with Gasteiger partial charge in [-0.3, -0.25) is 9.59 Å². The molecule has 158 valence electrons. The normalized spacial score (nSPS) is 22.0. The molecule has 1 aliphatic carbocycles. The zero-order valence-corrected chi connectivity index (χ0v) is 17.6. The summed E-state index contributed by atoms with van der Waals surface area (Å²) in [6.07, 6.45) is 7.22. The molecule has 0 radical (unpaired) electrons. The molecule has 2 fully saturated rings. The highest BCUT2D eigenvalue weighted by Gasteiger charge is 2.26. The number of nitrogens with one attached hydrogen (secondary N) is 1. The summed E-state index contributed by atoms with van der Waals surface area (Å²) in [5, 5.41) is 3.48. The Balaban J connectivity index is 1.38. The van der Waals surface area contributed by atoms with Gasteiger partial charge in [0.25, 0.3) is 5.91 Å². The van der Waals surface area contributed by atoms with Crippen molar-refractivity contribution in [3.63, 3.8) is 0 Å². The molecule has 1 saturated heterocycles. The third-order valence-corrected chi connectivity index (χ3v) is 6.51. The van der Waals surface area contributed by atoms with E-state index in [1.54, 1.807) is 4.90 Å². The van der Waals surface area contributed by atoms with Crippen LogP contribution in [-0.4, -0.2) is 46.2 Å². The number of Topliss-reactive ketones (excluding diaryl/α,β-unsaturated/α-hetero) is 1. The molecule has 1 amide bonds. The Hall–Kier alpha value is -2.76. The Morgan fingerprint density at radius 2 is 1.90 bits per heavy atom. The molecule has 2 unspecified atom stereocenters. The molecule has 1 aromatic carbocycles. The second-order valence-electron chi connectivity index (χ2n) is 8.55. The lowest BCUT2D eigenvalue weighted by Crippen LogP contribution is -2.39. The number of likely N-dealkylation sites (tertiary alicyclic amines) is 1. The molecule has 1 aliphatic heterocycles. The number of hydrogen-bond donors (Lipinski definition) is 1. The van der Waals surface area contributed by atoms with E-state index in [1.165, 1.54) is 37.6 Å². The molecule has 1 aromatic heterocycles. The van der Waals surface area contributed by atoms with E-state index in [0.717, 1.165) is 17.9 Å². The molecule has 2 atom stereocenters. The van der Waals surface area contributed by atoms with Crippen LogP contribution in [0.4, 0.5) is 5.82 Å². The Morgan fingerprint density at radius 3 is 2.67 bits per heavy atom. The van der Waals surface area contributed by atoms with Gasteiger partial charge in [0.2, 0.25) is 0 Å². The van der Waals surface area contributed by atoms with Crippen LogP contribution in [0, 0.1) is 12.8 Å². The average molecular weight is 407 g/mol. The van der Waals surface area contributed by atoms with Crippen molar-refractivity contribution in [1.82, 2.24) is 14.9 Å². The minimum atomic E-state index is -0.104. The zero-order chi connectivity index (χ0) is 20.9. The van der Waals surface area contributed by atoms with Gasteiger partial charge in [0.1, 0.15) is 23.6 Å². The Morgan fingerprint density at radius 1 is 1.13 bits per heavy atom. The van der Waals surface area contributed by atoms with Crippen LogP contribution in [0.1, 0.15) is 66.1 Å². The lowest BCUT2D eigenvalue weighted by atomic mass is 9.78. The first-order chi connectivity index (χ1) is 14.6. The maximum Gasteiger partial charge on any atom is 0.272 e. The third-order valence-electron chi connectivity index (χ3n) is 6.51. The SMILES string of the molecule is Cc1c(NCC2CCCC(c3ccccc3)C2)ncnc1C(=O)N1CCC(=O)CC1. The monoisotopic (exact) mass is 406 g/mol. The van der Waals surface area contributed by atoms with E-state index < -0.39 is 0 Å². The highest BCUT2D eigenvalue weighted by Crippen LogP contribution is 2.36. The smallest absolute Gasteiger partial charge is 0.272 e. The molecule has 1 N–H and O–H groups in total. The molecule has 2 heterocycles. The van der Waals surface area contributed by atoms with E-state index in [2.05, 4.69) is 45.6 Å². The van der Waals surface area contributed by atoms with Gasteiger partial charge in [-0.15, -0.1) is 0 Å². The predicted molar refractivity (Wildman–Crippen MR) is 117 cm³/mol. The first-order valence-corrected chi connectivity index (χ1v) is 11.0. The van der Waals surface area contributed by atoms with E-state index in [1.807, 2.05) is 6.92 Å². The molecule has 6 heteroatoms. The van der Waals surface area contributed by atoms with Crippen LogP contribution in [-0.2, 0) is 4.79 Å². The van der Waals surface area contributed by atoms with Crippen LogP contribution in [0.2, 0.25) is 0 Å². The summed E-state index contributed by atoms with van der Waals surface area (Å²) in [5.41, 5.74) is 2.66. The fourth-order valence-corrected chi connectivity index (χ4v) is 4.70. The predicted octanol–water partition coefficient (Wildman–Crippen LogP) is 3.98. The molecule has 1 saturated carbocycles. The largest absolute Gasteiger partial charge is 0.369 e. The molecule has 0 bridgehead atoms. The van der Waals surface area contributed by atoms with Crippen LogP contribution >= 0.6 is 0 Å². The maximum atomic E-state index is 12.9. The van der Waals surface area contributed by atoms with Crippen molar-refractivity contribution in [2.75, 3.05) is 25.0 Å². The van der Waals surface area contributed by atoms with E-state index in [0.29, 0.717) is 43.5 Å². The fourth-order valence-electron chi connectivity index (χ4n) is 4.70. The number of rotatable bonds is 5. The number of nitrogens with zero attached hydrogens (tertiary/aromatic N) is 3. The summed E-state index contributed by atoms with van der Waals surface area (Å²) < 4.78 is 0. The van der Waals surface area contributed by atoms with Crippen molar-refractivity contribution >= 4 is 17.5 Å². The number of hydrogen-bond acceptors (Lipinski definition) is 5. The van der Waals surface area contributed by atoms with Crippen LogP contribution in [0.15, 0.2) is 36.7 Å². The minimum Gasteiger partial charge on any atom is -0.369 e. The van der Waals surface area contributed by atoms with Gasteiger partial charge in [0.05, 0.1) is 0 Å². The van der Waals surface area contributed by atoms with Crippen molar-refractivity contribution in [1.29, 1.82) is 0 Å². The summed E-state index contributed by atoms with van der Waals surface area (Å²) in [6, 6.07) is 10.8. The second-order valence-corrected chi connectivity index (χ2v) is 8.55. The van der Waals surface area contributed by atoms with Gasteiger partial charge in [0.15, 0.2) is 0 Å². The van der Waals surface area contributed by atoms with Gasteiger partial charge in [-0.05, 0) is 43.6 Å². The van der Waals surface area contributed by atoms with E-state index >= 15 is 0 Å². The first kappa shape index (κ1) is 20.5. The molecular formula is C24H30N4O2. The summed E-state index contributed by atoms with van der Waals surface area (Å²) in [7, 11) is 0. The number of carbonyl (C=O) groups excluding carboxylic acids is 2. The molecule has 4 rings (SSSR count). The lowest BCUT2D eigenvalue weighted by Gasteiger charge is -2.30. The maximum absolute atomic E-state index is 12.9. The first-order valence-electron chi connectivity index (χ1n) is 11.0. The number of ketones is 1. The van der Waals surface area contributed by atoms with Crippen molar-refractivity contribution in [3.8, 4) is 0 Å². The molecule has 6 nitrogen and oxygen atoms in total. The van der Waals surface area contributed by atoms with E-state index in [-0.39, 0.29) is 11.7 Å². The van der Waals surface area contributed by atoms with E-state index in [4.69, 9.17) is 0 Å². The van der Waals surface area contributed by atoms with Crippen molar-refractivity contribution < 1.29 is 9.59 Å². The Labute approximate surface area is 178 Å². The van der Waals surface area contributed by atoms with Gasteiger partial charge < -0.3 is 10.2 Å². The second kappa shape index (κ2) is 9.37. The summed E-state index contributed by atoms with van der Waals surface area (Å²) in [5.74, 6) is 2.07. The van der Waals surface area contributed by atoms with Gasteiger partial charge in [0, 0.05) is 38.0 Å². The minimum absolute atomic E-state index is 0.104. The fraction of sp³-hybridized carbons (Fsp3) is 0.500. The Bertz CT molecular complexity index is 889. The summed E-state index contributed by atoms with van der Waals surface area (Å²) in [4.78, 5) is 34.7. The molecule has 2 aromatic rings. The standard InChI is InChI=1S/C24H30N4O2/c1-17-22(24(30)28-12-10-21(29)11-13-28)26-16-27-23(17)25-15-18-6-5-9-20(14-18)19-7-3-2-4-8-19/h2-4,7-8,16,18,20H,5-6,9-15H2,1H3,(H,25,26,27). The third kappa shape index (κ3) is 4.69. The molecule has 0 spiro atoms.